The number of hydrogen-bond donors (Lipinski definition) is 2. The molecule has 1 unspecified atom stereocenters. The average molecular weight is 881 g/mol. The lowest BCUT2D eigenvalue weighted by molar-refractivity contribution is 0.0695. The Bertz CT molecular complexity index is 2960. The molecule has 0 fully saturated rings. The minimum absolute atomic E-state index is 0.174. The van der Waals surface area contributed by atoms with Crippen LogP contribution in [-0.4, -0.2) is 41.7 Å². The molecular weight excluding hydrogens is 825 g/mol. The maximum atomic E-state index is 11.1. The third kappa shape index (κ3) is 12.1. The Morgan fingerprint density at radius 1 is 0.712 bits per heavy atom. The van der Waals surface area contributed by atoms with Gasteiger partial charge in [-0.2, -0.15) is 5.21 Å². The van der Waals surface area contributed by atoms with E-state index in [1.165, 1.54) is 35.6 Å². The highest BCUT2D eigenvalue weighted by Gasteiger charge is 2.20. The molecule has 5 aromatic carbocycles. The maximum absolute atomic E-state index is 11.1. The zero-order chi connectivity index (χ0) is 46.3. The summed E-state index contributed by atoms with van der Waals surface area (Å²) in [4.78, 5) is 20.4. The molecule has 4 aromatic heterocycles. The smallest absolute Gasteiger partial charge is 0.339 e. The summed E-state index contributed by atoms with van der Waals surface area (Å²) in [7, 11) is 0. The highest BCUT2D eigenvalue weighted by atomic mass is 16.5. The van der Waals surface area contributed by atoms with Gasteiger partial charge in [0, 0.05) is 21.9 Å². The zero-order valence-corrected chi connectivity index (χ0v) is 38.2. The van der Waals surface area contributed by atoms with Gasteiger partial charge >= 0.3 is 5.97 Å². The number of tetrazole rings is 1. The first-order valence-electron chi connectivity index (χ1n) is 22.7. The number of para-hydroxylation sites is 2. The fourth-order valence-electron chi connectivity index (χ4n) is 7.77. The van der Waals surface area contributed by atoms with Gasteiger partial charge < -0.3 is 19.0 Å². The van der Waals surface area contributed by atoms with Gasteiger partial charge in [0.2, 0.25) is 5.82 Å². The van der Waals surface area contributed by atoms with E-state index in [0.29, 0.717) is 42.2 Å². The van der Waals surface area contributed by atoms with Crippen LogP contribution in [0, 0.1) is 12.8 Å². The minimum Gasteiger partial charge on any atom is -0.487 e. The van der Waals surface area contributed by atoms with Crippen molar-refractivity contribution >= 4 is 27.8 Å². The van der Waals surface area contributed by atoms with E-state index in [1.807, 2.05) is 105 Å². The molecule has 0 radical (unpaired) electrons. The van der Waals surface area contributed by atoms with Crippen LogP contribution in [0.2, 0.25) is 0 Å². The monoisotopic (exact) mass is 880 g/mol. The molecule has 11 nitrogen and oxygen atoms in total. The normalized spacial score (nSPS) is 12.7. The average Bonchev–Trinajstić information content (AvgIpc) is 4.05. The van der Waals surface area contributed by atoms with Crippen molar-refractivity contribution in [1.82, 2.24) is 30.6 Å². The molecule has 1 atom stereocenters. The lowest BCUT2D eigenvalue weighted by atomic mass is 9.80. The van der Waals surface area contributed by atoms with Crippen LogP contribution in [-0.2, 0) is 32.5 Å². The van der Waals surface area contributed by atoms with Gasteiger partial charge in [0.15, 0.2) is 0 Å². The predicted octanol–water partition coefficient (Wildman–Crippen LogP) is 12.9. The van der Waals surface area contributed by atoms with E-state index >= 15 is 0 Å². The third-order valence-electron chi connectivity index (χ3n) is 10.9. The van der Waals surface area contributed by atoms with Crippen molar-refractivity contribution in [2.45, 2.75) is 79.9 Å². The molecule has 2 N–H and O–H groups in total. The Labute approximate surface area is 385 Å². The molecule has 1 aliphatic carbocycles. The molecule has 0 spiro atoms. The van der Waals surface area contributed by atoms with Gasteiger partial charge in [-0.3, -0.25) is 0 Å². The second-order valence-corrected chi connectivity index (χ2v) is 15.9. The summed E-state index contributed by atoms with van der Waals surface area (Å²) in [6, 6.07) is 48.1. The minimum atomic E-state index is -0.995. The topological polar surface area (TPSA) is 149 Å². The van der Waals surface area contributed by atoms with E-state index < -0.39 is 5.97 Å². The Kier molecular flexibility index (Phi) is 16.0. The summed E-state index contributed by atoms with van der Waals surface area (Å²) in [5.41, 5.74) is 9.85. The molecule has 66 heavy (non-hydrogen) atoms. The molecule has 0 amide bonds. The van der Waals surface area contributed by atoms with E-state index in [9.17, 15) is 4.79 Å². The van der Waals surface area contributed by atoms with Crippen LogP contribution in [0.1, 0.15) is 84.7 Å². The standard InChI is InChI=1S/C28H25N5O.C22H17NO4.C3H8.C2H6/c1-2-7-27-22(5-1)10-12-25(29-27)18-34-26-13-11-21-9-8-20(16-24(21)17-26)14-19-4-3-6-23(15-19)28-30-32-33-31-28;1-14-19(22(24)25)12-21(27-14)16-7-10-18(11-8-16)26-13-17-9-6-15-4-2-3-5-20(15)23-17;1-3-2;1-2/h1-7,10-13,15,17,20H,8-9,14,16,18H2,(H,30,31,32,33);2-12H,13H2,1H3,(H,24,25);3H2,1-2H3;1-2H3. The van der Waals surface area contributed by atoms with Gasteiger partial charge in [-0.15, -0.1) is 10.2 Å². The molecule has 0 bridgehead atoms. The van der Waals surface area contributed by atoms with Gasteiger partial charge in [-0.25, -0.2) is 14.8 Å². The number of carbonyl (C=O) groups is 1. The van der Waals surface area contributed by atoms with Gasteiger partial charge in [0.1, 0.15) is 41.8 Å². The summed E-state index contributed by atoms with van der Waals surface area (Å²) < 4.78 is 17.5. The first-order valence-corrected chi connectivity index (χ1v) is 22.7. The van der Waals surface area contributed by atoms with Gasteiger partial charge in [0.25, 0.3) is 0 Å². The van der Waals surface area contributed by atoms with Gasteiger partial charge in [-0.05, 0) is 133 Å². The first kappa shape index (κ1) is 46.3. The number of pyridine rings is 2. The van der Waals surface area contributed by atoms with E-state index in [4.69, 9.17) is 24.0 Å². The third-order valence-corrected chi connectivity index (χ3v) is 10.9. The second kappa shape index (κ2) is 22.8. The maximum Gasteiger partial charge on any atom is 0.339 e. The number of nitrogens with one attached hydrogen (secondary N) is 1. The van der Waals surface area contributed by atoms with Crippen molar-refractivity contribution in [3.63, 3.8) is 0 Å². The van der Waals surface area contributed by atoms with Crippen LogP contribution in [0.25, 0.3) is 44.5 Å². The van der Waals surface area contributed by atoms with Crippen molar-refractivity contribution in [2.75, 3.05) is 0 Å². The number of carboxylic acid groups (broad SMARTS) is 1. The number of carboxylic acids is 1. The molecule has 0 saturated carbocycles. The van der Waals surface area contributed by atoms with Gasteiger partial charge in [-0.1, -0.05) is 107 Å². The number of aromatic amines is 1. The van der Waals surface area contributed by atoms with Crippen molar-refractivity contribution in [2.24, 2.45) is 5.92 Å². The number of H-pyrrole nitrogens is 1. The molecule has 0 saturated heterocycles. The van der Waals surface area contributed by atoms with E-state index in [2.05, 4.69) is 88.0 Å². The highest BCUT2D eigenvalue weighted by molar-refractivity contribution is 5.90. The molecule has 4 heterocycles. The van der Waals surface area contributed by atoms with Crippen LogP contribution in [0.3, 0.4) is 0 Å². The summed E-state index contributed by atoms with van der Waals surface area (Å²) in [6.07, 6.45) is 5.65. The number of aromatic carboxylic acids is 1. The Morgan fingerprint density at radius 2 is 1.35 bits per heavy atom. The molecule has 336 valence electrons. The molecule has 1 aliphatic rings. The molecule has 10 rings (SSSR count). The van der Waals surface area contributed by atoms with Crippen LogP contribution in [0.5, 0.6) is 11.5 Å². The van der Waals surface area contributed by atoms with Crippen molar-refractivity contribution < 1.29 is 23.8 Å². The Morgan fingerprint density at radius 3 is 1.97 bits per heavy atom. The SMILES string of the molecule is CC.CCC.Cc1oc(-c2ccc(OCc3ccc4ccccc4n3)cc2)cc1C(=O)O.c1cc(CC2CCc3ccc(OCc4ccc5ccccc5n4)cc3C2)cc(-c2nn[nH]n2)c1. The van der Waals surface area contributed by atoms with Crippen LogP contribution in [0.15, 0.2) is 150 Å². The summed E-state index contributed by atoms with van der Waals surface area (Å²) in [5.74, 6) is 2.77. The quantitative estimate of drug-likeness (QED) is 0.129. The number of ether oxygens (including phenoxy) is 2. The summed E-state index contributed by atoms with van der Waals surface area (Å²) in [6.45, 7) is 10.7. The molecule has 11 heteroatoms. The van der Waals surface area contributed by atoms with E-state index in [-0.39, 0.29) is 5.56 Å². The lowest BCUT2D eigenvalue weighted by Crippen LogP contribution is -2.16. The molecular formula is C55H56N6O5. The number of rotatable bonds is 11. The summed E-state index contributed by atoms with van der Waals surface area (Å²) >= 11 is 0. The van der Waals surface area contributed by atoms with Crippen LogP contribution >= 0.6 is 0 Å². The number of aromatic nitrogens is 6. The lowest BCUT2D eigenvalue weighted by Gasteiger charge is -2.25. The predicted molar refractivity (Wildman–Crippen MR) is 261 cm³/mol. The first-order chi connectivity index (χ1) is 32.3. The number of aryl methyl sites for hydroxylation is 2. The van der Waals surface area contributed by atoms with E-state index in [0.717, 1.165) is 69.3 Å². The Balaban J connectivity index is 0.000000183. The van der Waals surface area contributed by atoms with Crippen LogP contribution < -0.4 is 9.47 Å². The van der Waals surface area contributed by atoms with Crippen molar-refractivity contribution in [1.29, 1.82) is 0 Å². The number of nitrogens with zero attached hydrogens (tertiary/aromatic N) is 5. The Hall–Kier alpha value is -7.66. The van der Waals surface area contributed by atoms with E-state index in [1.54, 1.807) is 6.92 Å². The van der Waals surface area contributed by atoms with Crippen molar-refractivity contribution in [3.8, 4) is 34.2 Å². The number of hydrogen-bond acceptors (Lipinski definition) is 9. The second-order valence-electron chi connectivity index (χ2n) is 15.9. The molecule has 9 aromatic rings. The van der Waals surface area contributed by atoms with Gasteiger partial charge in [0.05, 0.1) is 22.4 Å². The number of benzene rings is 5. The largest absolute Gasteiger partial charge is 0.487 e. The molecule has 0 aliphatic heterocycles. The van der Waals surface area contributed by atoms with Crippen LogP contribution in [0.4, 0.5) is 0 Å². The zero-order valence-electron chi connectivity index (χ0n) is 38.2. The number of fused-ring (bicyclic) bond motifs is 3. The highest BCUT2D eigenvalue weighted by Crippen LogP contribution is 2.32. The van der Waals surface area contributed by atoms with Crippen molar-refractivity contribution in [3.05, 3.63) is 185 Å². The fraction of sp³-hybridized carbons (Fsp3) is 0.236. The number of furan rings is 1. The summed E-state index contributed by atoms with van der Waals surface area (Å²) in [5, 5.41) is 25.8. The fourth-order valence-corrected chi connectivity index (χ4v) is 7.77.